The SMILES string of the molecule is CC(C)[C@@H](NC(=O)CCC(=O)OCC(=O)[C@]1(O)CC[C@@H]2[C@H]3CCC4=CC(=O)CC[C@]4(C)[C@@H]3CC[C@]21C)C(=O)O. The van der Waals surface area contributed by atoms with E-state index in [1.165, 1.54) is 5.57 Å². The van der Waals surface area contributed by atoms with E-state index in [2.05, 4.69) is 12.2 Å². The lowest BCUT2D eigenvalue weighted by Crippen LogP contribution is -2.58. The van der Waals surface area contributed by atoms with Gasteiger partial charge < -0.3 is 20.3 Å². The van der Waals surface area contributed by atoms with Gasteiger partial charge in [-0.15, -0.1) is 0 Å². The van der Waals surface area contributed by atoms with E-state index in [4.69, 9.17) is 4.74 Å². The molecule has 4 aliphatic carbocycles. The van der Waals surface area contributed by atoms with E-state index < -0.39 is 47.3 Å². The van der Waals surface area contributed by atoms with Crippen LogP contribution < -0.4 is 5.32 Å². The molecule has 0 saturated heterocycles. The first-order chi connectivity index (χ1) is 18.2. The Bertz CT molecular complexity index is 1080. The van der Waals surface area contributed by atoms with E-state index in [1.807, 2.05) is 13.0 Å². The van der Waals surface area contributed by atoms with Gasteiger partial charge in [-0.3, -0.25) is 19.2 Å². The molecule has 4 aliphatic rings. The third-order valence-electron chi connectivity index (χ3n) is 10.7. The van der Waals surface area contributed by atoms with Crippen LogP contribution in [0.3, 0.4) is 0 Å². The van der Waals surface area contributed by atoms with Gasteiger partial charge >= 0.3 is 11.9 Å². The van der Waals surface area contributed by atoms with Gasteiger partial charge in [0.1, 0.15) is 11.6 Å². The monoisotopic (exact) mass is 545 g/mol. The fourth-order valence-corrected chi connectivity index (χ4v) is 8.35. The molecular formula is C30H43NO8. The maximum Gasteiger partial charge on any atom is 0.326 e. The third kappa shape index (κ3) is 5.19. The number of ether oxygens (including phenoxy) is 1. The zero-order valence-electron chi connectivity index (χ0n) is 23.6. The molecule has 0 radical (unpaired) electrons. The number of aliphatic carboxylic acids is 1. The largest absolute Gasteiger partial charge is 0.480 e. The number of carboxylic acids is 1. The van der Waals surface area contributed by atoms with Gasteiger partial charge in [0.2, 0.25) is 11.7 Å². The second-order valence-corrected chi connectivity index (χ2v) is 13.0. The Kier molecular flexibility index (Phi) is 8.14. The smallest absolute Gasteiger partial charge is 0.326 e. The van der Waals surface area contributed by atoms with E-state index in [-0.39, 0.29) is 35.9 Å². The standard InChI is InChI=1S/C30H43NO8/c1-17(2)26(27(36)37)31-24(34)7-8-25(35)39-16-23(33)30(38)14-11-22-20-6-5-18-15-19(32)9-12-28(18,3)21(20)10-13-29(22,30)4/h15,17,20-22,26,38H,5-14,16H2,1-4H3,(H,31,34)(H,36,37)/t20-,21+,22+,26+,28-,29+,30+/m0/s1. The number of carboxylic acid groups (broad SMARTS) is 1. The van der Waals surface area contributed by atoms with E-state index in [9.17, 15) is 34.2 Å². The van der Waals surface area contributed by atoms with E-state index in [0.29, 0.717) is 31.1 Å². The Morgan fingerprint density at radius 1 is 1.03 bits per heavy atom. The molecule has 4 rings (SSSR count). The predicted molar refractivity (Wildman–Crippen MR) is 141 cm³/mol. The van der Waals surface area contributed by atoms with Crippen molar-refractivity contribution >= 4 is 29.4 Å². The number of esters is 1. The number of carbonyl (C=O) groups excluding carboxylic acids is 4. The van der Waals surface area contributed by atoms with Crippen LogP contribution in [-0.2, 0) is 28.7 Å². The van der Waals surface area contributed by atoms with Crippen molar-refractivity contribution in [2.75, 3.05) is 6.61 Å². The minimum Gasteiger partial charge on any atom is -0.480 e. The number of amides is 1. The molecule has 0 bridgehead atoms. The number of aliphatic hydroxyl groups is 1. The van der Waals surface area contributed by atoms with Crippen molar-refractivity contribution in [1.29, 1.82) is 0 Å². The van der Waals surface area contributed by atoms with Crippen LogP contribution >= 0.6 is 0 Å². The summed E-state index contributed by atoms with van der Waals surface area (Å²) in [6.45, 7) is 7.10. The van der Waals surface area contributed by atoms with Gasteiger partial charge in [-0.25, -0.2) is 4.79 Å². The van der Waals surface area contributed by atoms with Gasteiger partial charge in [0.05, 0.1) is 6.42 Å². The molecule has 0 spiro atoms. The van der Waals surface area contributed by atoms with Crippen molar-refractivity contribution in [3.8, 4) is 0 Å². The highest BCUT2D eigenvalue weighted by molar-refractivity contribution is 5.92. The molecule has 39 heavy (non-hydrogen) atoms. The summed E-state index contributed by atoms with van der Waals surface area (Å²) in [5.74, 6) is -2.07. The first-order valence-corrected chi connectivity index (χ1v) is 14.4. The van der Waals surface area contributed by atoms with Crippen LogP contribution in [0.2, 0.25) is 0 Å². The van der Waals surface area contributed by atoms with Crippen LogP contribution in [0, 0.1) is 34.5 Å². The van der Waals surface area contributed by atoms with E-state index in [0.717, 1.165) is 32.1 Å². The number of Topliss-reactive ketones (excluding diaryl/α,β-unsaturated/α-hetero) is 1. The van der Waals surface area contributed by atoms with Crippen LogP contribution in [0.5, 0.6) is 0 Å². The highest BCUT2D eigenvalue weighted by Gasteiger charge is 2.66. The summed E-state index contributed by atoms with van der Waals surface area (Å²) in [5, 5.41) is 23.3. The first kappa shape index (κ1) is 29.4. The molecule has 0 aliphatic heterocycles. The van der Waals surface area contributed by atoms with Gasteiger partial charge in [0.25, 0.3) is 0 Å². The molecule has 9 nitrogen and oxygen atoms in total. The van der Waals surface area contributed by atoms with Crippen LogP contribution in [-0.4, -0.2) is 57.9 Å². The van der Waals surface area contributed by atoms with E-state index in [1.54, 1.807) is 13.8 Å². The molecule has 3 fully saturated rings. The van der Waals surface area contributed by atoms with Crippen LogP contribution in [0.25, 0.3) is 0 Å². The average molecular weight is 546 g/mol. The van der Waals surface area contributed by atoms with Gasteiger partial charge in [-0.2, -0.15) is 0 Å². The van der Waals surface area contributed by atoms with Gasteiger partial charge in [0.15, 0.2) is 12.4 Å². The summed E-state index contributed by atoms with van der Waals surface area (Å²) < 4.78 is 5.18. The van der Waals surface area contributed by atoms with Crippen LogP contribution in [0.4, 0.5) is 0 Å². The molecule has 9 heteroatoms. The number of hydrogen-bond donors (Lipinski definition) is 3. The Morgan fingerprint density at radius 3 is 2.38 bits per heavy atom. The lowest BCUT2D eigenvalue weighted by atomic mass is 9.46. The van der Waals surface area contributed by atoms with Crippen molar-refractivity contribution in [2.45, 2.75) is 104 Å². The number of fused-ring (bicyclic) bond motifs is 5. The zero-order chi connectivity index (χ0) is 28.8. The molecule has 0 aromatic carbocycles. The number of ketones is 2. The number of hydrogen-bond acceptors (Lipinski definition) is 7. The second kappa shape index (κ2) is 10.8. The molecule has 0 aromatic rings. The number of allylic oxidation sites excluding steroid dienone is 1. The molecule has 7 atom stereocenters. The van der Waals surface area contributed by atoms with Gasteiger partial charge in [-0.1, -0.05) is 33.3 Å². The summed E-state index contributed by atoms with van der Waals surface area (Å²) >= 11 is 0. The highest BCUT2D eigenvalue weighted by Crippen LogP contribution is 2.67. The van der Waals surface area contributed by atoms with E-state index >= 15 is 0 Å². The molecule has 3 N–H and O–H groups in total. The first-order valence-electron chi connectivity index (χ1n) is 14.4. The number of rotatable bonds is 9. The molecular weight excluding hydrogens is 502 g/mol. The lowest BCUT2D eigenvalue weighted by molar-refractivity contribution is -0.170. The highest BCUT2D eigenvalue weighted by atomic mass is 16.5. The molecule has 0 aromatic heterocycles. The molecule has 0 heterocycles. The molecule has 216 valence electrons. The molecule has 3 saturated carbocycles. The van der Waals surface area contributed by atoms with Gasteiger partial charge in [-0.05, 0) is 80.1 Å². The number of carbonyl (C=O) groups is 5. The Labute approximate surface area is 230 Å². The average Bonchev–Trinajstić information content (AvgIpc) is 3.16. The lowest BCUT2D eigenvalue weighted by Gasteiger charge is -2.58. The van der Waals surface area contributed by atoms with Crippen molar-refractivity contribution < 1.29 is 38.9 Å². The zero-order valence-corrected chi connectivity index (χ0v) is 23.6. The molecule has 0 unspecified atom stereocenters. The summed E-state index contributed by atoms with van der Waals surface area (Å²) in [5.41, 5.74) is -0.908. The predicted octanol–water partition coefficient (Wildman–Crippen LogP) is 3.37. The molecule has 1 amide bonds. The number of nitrogens with one attached hydrogen (secondary N) is 1. The van der Waals surface area contributed by atoms with Crippen molar-refractivity contribution in [1.82, 2.24) is 5.32 Å². The fraction of sp³-hybridized carbons (Fsp3) is 0.767. The Balaban J connectivity index is 1.34. The second-order valence-electron chi connectivity index (χ2n) is 13.0. The minimum atomic E-state index is -1.58. The van der Waals surface area contributed by atoms with Crippen molar-refractivity contribution in [3.05, 3.63) is 11.6 Å². The maximum atomic E-state index is 13.3. The van der Waals surface area contributed by atoms with Crippen molar-refractivity contribution in [2.24, 2.45) is 34.5 Å². The summed E-state index contributed by atoms with van der Waals surface area (Å²) in [6.07, 6.45) is 7.28. The summed E-state index contributed by atoms with van der Waals surface area (Å²) in [4.78, 5) is 61.0. The maximum absolute atomic E-state index is 13.3. The van der Waals surface area contributed by atoms with Crippen LogP contribution in [0.1, 0.15) is 91.9 Å². The summed E-state index contributed by atoms with van der Waals surface area (Å²) in [7, 11) is 0. The minimum absolute atomic E-state index is 0.00431. The third-order valence-corrected chi connectivity index (χ3v) is 10.7. The van der Waals surface area contributed by atoms with Gasteiger partial charge in [0, 0.05) is 18.3 Å². The Morgan fingerprint density at radius 2 is 1.72 bits per heavy atom. The summed E-state index contributed by atoms with van der Waals surface area (Å²) in [6, 6.07) is -1.05. The van der Waals surface area contributed by atoms with Crippen LogP contribution in [0.15, 0.2) is 11.6 Å². The Hall–Kier alpha value is -2.55. The normalized spacial score (nSPS) is 36.2. The van der Waals surface area contributed by atoms with Crippen molar-refractivity contribution in [3.63, 3.8) is 0 Å². The quantitative estimate of drug-likeness (QED) is 0.374. The fourth-order valence-electron chi connectivity index (χ4n) is 8.35. The topological polar surface area (TPSA) is 147 Å².